The summed E-state index contributed by atoms with van der Waals surface area (Å²) in [6.07, 6.45) is 1.61. The number of anilines is 1. The molecule has 0 aliphatic carbocycles. The molecule has 18 nitrogen and oxygen atoms in total. The molecule has 0 spiro atoms. The Bertz CT molecular complexity index is 1760. The predicted molar refractivity (Wildman–Crippen MR) is 197 cm³/mol. The van der Waals surface area contributed by atoms with Gasteiger partial charge in [0.25, 0.3) is 0 Å². The molecule has 3 heterocycles. The molecule has 21 heteroatoms. The number of nitrogens with zero attached hydrogens (tertiary/aromatic N) is 5. The van der Waals surface area contributed by atoms with Crippen molar-refractivity contribution in [2.24, 2.45) is 5.92 Å². The Labute approximate surface area is 318 Å². The highest BCUT2D eigenvalue weighted by Gasteiger charge is 2.46. The molecule has 1 saturated heterocycles. The SMILES string of the molecule is C#CCOCCOCCOCCOCCN(Cc1ccc(CC(C)C)cc1)c1nc(Cl)nc2c1cnn2[C@@H]1O[C@H](COP(=O)(O)CP(=O)(O)O)[C@@H](O)[C@H]1O. The fourth-order valence-corrected chi connectivity index (χ4v) is 8.27. The number of aliphatic hydroxyl groups excluding tert-OH is 2. The maximum absolute atomic E-state index is 12.2. The number of ether oxygens (including phenoxy) is 5. The van der Waals surface area contributed by atoms with E-state index >= 15 is 0 Å². The van der Waals surface area contributed by atoms with Crippen LogP contribution >= 0.6 is 26.8 Å². The summed E-state index contributed by atoms with van der Waals surface area (Å²) < 4.78 is 57.2. The molecule has 54 heavy (non-hydrogen) atoms. The second kappa shape index (κ2) is 21.1. The number of benzene rings is 1. The van der Waals surface area contributed by atoms with Gasteiger partial charge >= 0.3 is 15.2 Å². The van der Waals surface area contributed by atoms with E-state index in [1.54, 1.807) is 0 Å². The summed E-state index contributed by atoms with van der Waals surface area (Å²) in [7, 11) is -9.64. The Balaban J connectivity index is 1.46. The van der Waals surface area contributed by atoms with Crippen LogP contribution in [0.15, 0.2) is 30.5 Å². The maximum Gasteiger partial charge on any atom is 0.340 e. The lowest BCUT2D eigenvalue weighted by molar-refractivity contribution is -0.0541. The highest BCUT2D eigenvalue weighted by Crippen LogP contribution is 2.55. The largest absolute Gasteiger partial charge is 0.387 e. The second-order valence-electron chi connectivity index (χ2n) is 12.9. The summed E-state index contributed by atoms with van der Waals surface area (Å²) in [6, 6.07) is 8.26. The summed E-state index contributed by atoms with van der Waals surface area (Å²) in [5.74, 6) is 1.88. The van der Waals surface area contributed by atoms with E-state index < -0.39 is 52.2 Å². The molecule has 300 valence electrons. The minimum atomic E-state index is -4.88. The molecule has 0 radical (unpaired) electrons. The molecule has 5 N–H and O–H groups in total. The Kier molecular flexibility index (Phi) is 17.3. The normalized spacial score (nSPS) is 20.1. The first-order chi connectivity index (χ1) is 25.7. The molecule has 1 aromatic carbocycles. The summed E-state index contributed by atoms with van der Waals surface area (Å²) in [5.41, 5.74) is 2.37. The van der Waals surface area contributed by atoms with E-state index in [-0.39, 0.29) is 17.5 Å². The van der Waals surface area contributed by atoms with Crippen molar-refractivity contribution in [3.05, 3.63) is 46.9 Å². The Hall–Kier alpha value is -2.56. The molecule has 3 aromatic rings. The quantitative estimate of drug-likeness (QED) is 0.0377. The average Bonchev–Trinajstić information content (AvgIpc) is 3.63. The highest BCUT2D eigenvalue weighted by molar-refractivity contribution is 7.70. The average molecular weight is 820 g/mol. The Morgan fingerprint density at radius 1 is 0.944 bits per heavy atom. The van der Waals surface area contributed by atoms with Crippen molar-refractivity contribution in [1.29, 1.82) is 0 Å². The zero-order chi connectivity index (χ0) is 39.3. The predicted octanol–water partition coefficient (Wildman–Crippen LogP) is 2.34. The lowest BCUT2D eigenvalue weighted by atomic mass is 10.0. The van der Waals surface area contributed by atoms with Crippen molar-refractivity contribution in [2.45, 2.75) is 51.4 Å². The van der Waals surface area contributed by atoms with Crippen LogP contribution in [0.2, 0.25) is 5.28 Å². The zero-order valence-corrected chi connectivity index (χ0v) is 32.6. The van der Waals surface area contributed by atoms with Crippen LogP contribution in [0.1, 0.15) is 31.2 Å². The van der Waals surface area contributed by atoms with Gasteiger partial charge in [0, 0.05) is 13.1 Å². The number of aliphatic hydroxyl groups is 2. The van der Waals surface area contributed by atoms with Gasteiger partial charge in [-0.3, -0.25) is 9.13 Å². The fraction of sp³-hybridized carbons (Fsp3) is 0.606. The number of hydrogen-bond acceptors (Lipinski definition) is 14. The summed E-state index contributed by atoms with van der Waals surface area (Å²) in [6.45, 7) is 7.19. The third-order valence-corrected chi connectivity index (χ3v) is 11.6. The molecule has 1 aliphatic rings. The number of fused-ring (bicyclic) bond motifs is 1. The fourth-order valence-electron chi connectivity index (χ4n) is 5.54. The first-order valence-corrected chi connectivity index (χ1v) is 21.1. The monoisotopic (exact) mass is 819 g/mol. The van der Waals surface area contributed by atoms with Gasteiger partial charge in [-0.2, -0.15) is 15.1 Å². The van der Waals surface area contributed by atoms with Crippen LogP contribution in [0.25, 0.3) is 11.0 Å². The molecule has 1 aliphatic heterocycles. The van der Waals surface area contributed by atoms with Crippen LogP contribution in [0.3, 0.4) is 0 Å². The van der Waals surface area contributed by atoms with Crippen molar-refractivity contribution in [3.63, 3.8) is 0 Å². The molecule has 0 saturated carbocycles. The third kappa shape index (κ3) is 13.9. The minimum Gasteiger partial charge on any atom is -0.387 e. The summed E-state index contributed by atoms with van der Waals surface area (Å²) in [4.78, 5) is 38.8. The smallest absolute Gasteiger partial charge is 0.340 e. The molecule has 4 rings (SSSR count). The highest BCUT2D eigenvalue weighted by atomic mass is 35.5. The molecule has 0 amide bonds. The van der Waals surface area contributed by atoms with Crippen LogP contribution < -0.4 is 4.90 Å². The maximum atomic E-state index is 12.2. The van der Waals surface area contributed by atoms with Gasteiger partial charge in [-0.05, 0) is 35.1 Å². The lowest BCUT2D eigenvalue weighted by Gasteiger charge is -2.25. The molecular formula is C33H48ClN5O13P2. The van der Waals surface area contributed by atoms with Crippen LogP contribution in [-0.2, 0) is 50.3 Å². The molecule has 1 fully saturated rings. The number of terminal acetylenes is 1. The molecule has 0 bridgehead atoms. The van der Waals surface area contributed by atoms with Gasteiger partial charge in [0.1, 0.15) is 30.7 Å². The Morgan fingerprint density at radius 2 is 1.56 bits per heavy atom. The zero-order valence-electron chi connectivity index (χ0n) is 30.1. The van der Waals surface area contributed by atoms with Crippen LogP contribution in [0.5, 0.6) is 0 Å². The van der Waals surface area contributed by atoms with Crippen molar-refractivity contribution >= 4 is 43.6 Å². The van der Waals surface area contributed by atoms with Crippen molar-refractivity contribution in [2.75, 3.05) is 76.8 Å². The number of hydrogen-bond donors (Lipinski definition) is 5. The van der Waals surface area contributed by atoms with Crippen molar-refractivity contribution < 1.29 is 62.2 Å². The standard InChI is InChI=1S/C33H48ClN5O13P2/c1-4-10-47-12-14-49-16-17-50-15-13-48-11-9-38(20-25-7-5-24(6-8-25)18-23(2)3)30-26-19-35-39(31(26)37-33(34)36-30)32-29(41)28(40)27(52-32)21-51-54(45,46)22-53(42,43)44/h1,5-8,19,23,27-29,32,40-41H,9-18,20-22H2,2-3H3,(H,45,46)(H2,42,43,44)/t27-,28-,29-,32-/m1/s1. The molecular weight excluding hydrogens is 772 g/mol. The molecule has 1 unspecified atom stereocenters. The van der Waals surface area contributed by atoms with Crippen molar-refractivity contribution in [1.82, 2.24) is 19.7 Å². The van der Waals surface area contributed by atoms with E-state index in [2.05, 4.69) is 47.0 Å². The van der Waals surface area contributed by atoms with Gasteiger partial charge in [-0.25, -0.2) is 4.68 Å². The summed E-state index contributed by atoms with van der Waals surface area (Å²) in [5, 5.41) is 26.3. The van der Waals surface area contributed by atoms with Gasteiger partial charge in [-0.1, -0.05) is 44.0 Å². The van der Waals surface area contributed by atoms with E-state index in [4.69, 9.17) is 56.0 Å². The number of halogens is 1. The van der Waals surface area contributed by atoms with Gasteiger partial charge in [0.15, 0.2) is 17.8 Å². The van der Waals surface area contributed by atoms with Gasteiger partial charge in [-0.15, -0.1) is 6.42 Å². The van der Waals surface area contributed by atoms with Gasteiger partial charge in [0.2, 0.25) is 5.28 Å². The van der Waals surface area contributed by atoms with Crippen molar-refractivity contribution in [3.8, 4) is 12.3 Å². The number of rotatable bonds is 24. The first-order valence-electron chi connectivity index (χ1n) is 17.2. The lowest BCUT2D eigenvalue weighted by Crippen LogP contribution is -2.33. The topological polar surface area (TPSA) is 238 Å². The summed E-state index contributed by atoms with van der Waals surface area (Å²) >= 11 is 6.45. The molecule has 5 atom stereocenters. The molecule has 2 aromatic heterocycles. The third-order valence-electron chi connectivity index (χ3n) is 7.93. The van der Waals surface area contributed by atoms with E-state index in [1.165, 1.54) is 16.4 Å². The van der Waals surface area contributed by atoms with E-state index in [9.17, 15) is 24.2 Å². The van der Waals surface area contributed by atoms with E-state index in [0.29, 0.717) is 76.5 Å². The van der Waals surface area contributed by atoms with E-state index in [1.807, 2.05) is 17.0 Å². The Morgan fingerprint density at radius 3 is 2.17 bits per heavy atom. The van der Waals surface area contributed by atoms with Crippen LogP contribution in [0.4, 0.5) is 5.82 Å². The minimum absolute atomic E-state index is 0.137. The van der Waals surface area contributed by atoms with Crippen LogP contribution in [0, 0.1) is 18.3 Å². The van der Waals surface area contributed by atoms with Gasteiger partial charge < -0.3 is 58.0 Å². The van der Waals surface area contributed by atoms with E-state index in [0.717, 1.165) is 12.0 Å². The van der Waals surface area contributed by atoms with Crippen LogP contribution in [-0.4, -0.2) is 135 Å². The number of aromatic nitrogens is 4. The van der Waals surface area contributed by atoms with Gasteiger partial charge in [0.05, 0.1) is 64.4 Å². The second-order valence-corrected chi connectivity index (χ2v) is 17.2. The first kappa shape index (κ1) is 44.2.